The predicted molar refractivity (Wildman–Crippen MR) is 77.5 cm³/mol. The summed E-state index contributed by atoms with van der Waals surface area (Å²) in [7, 11) is 0. The van der Waals surface area contributed by atoms with Crippen molar-refractivity contribution in [3.8, 4) is 5.75 Å². The van der Waals surface area contributed by atoms with Crippen molar-refractivity contribution in [3.63, 3.8) is 0 Å². The van der Waals surface area contributed by atoms with Gasteiger partial charge in [0.05, 0.1) is 11.7 Å². The molecular formula is C15H13F3N2O4. The molecule has 1 aromatic carbocycles. The number of aliphatic hydroxyl groups is 1. The van der Waals surface area contributed by atoms with Gasteiger partial charge in [-0.25, -0.2) is 0 Å². The van der Waals surface area contributed by atoms with Gasteiger partial charge in [0, 0.05) is 18.8 Å². The average molecular weight is 342 g/mol. The zero-order valence-electron chi connectivity index (χ0n) is 12.1. The number of halogens is 3. The van der Waals surface area contributed by atoms with Crippen molar-refractivity contribution in [2.24, 2.45) is 0 Å². The number of pyridine rings is 1. The molecule has 2 rings (SSSR count). The van der Waals surface area contributed by atoms with Gasteiger partial charge in [-0.3, -0.25) is 9.59 Å². The third kappa shape index (κ3) is 5.13. The molecule has 2 aromatic rings. The van der Waals surface area contributed by atoms with Crippen molar-refractivity contribution < 1.29 is 27.8 Å². The highest BCUT2D eigenvalue weighted by Gasteiger charge is 2.31. The molecule has 0 radical (unpaired) electrons. The van der Waals surface area contributed by atoms with Crippen LogP contribution in [0.4, 0.5) is 13.2 Å². The fourth-order valence-corrected chi connectivity index (χ4v) is 1.85. The molecule has 1 heterocycles. The first-order chi connectivity index (χ1) is 11.2. The van der Waals surface area contributed by atoms with Crippen molar-refractivity contribution in [2.75, 3.05) is 6.54 Å². The lowest BCUT2D eigenvalue weighted by Gasteiger charge is -2.13. The van der Waals surface area contributed by atoms with Gasteiger partial charge in [0.2, 0.25) is 5.56 Å². The molecule has 1 aromatic heterocycles. The summed E-state index contributed by atoms with van der Waals surface area (Å²) >= 11 is 0. The summed E-state index contributed by atoms with van der Waals surface area (Å²) in [4.78, 5) is 25.1. The van der Waals surface area contributed by atoms with Gasteiger partial charge in [0.15, 0.2) is 0 Å². The molecule has 0 fully saturated rings. The van der Waals surface area contributed by atoms with Crippen LogP contribution in [-0.2, 0) is 0 Å². The Morgan fingerprint density at radius 3 is 2.42 bits per heavy atom. The highest BCUT2D eigenvalue weighted by molar-refractivity contribution is 5.93. The zero-order chi connectivity index (χ0) is 17.7. The molecule has 0 saturated heterocycles. The van der Waals surface area contributed by atoms with Gasteiger partial charge in [-0.05, 0) is 23.8 Å². The quantitative estimate of drug-likeness (QED) is 0.772. The summed E-state index contributed by atoms with van der Waals surface area (Å²) in [5.74, 6) is -0.918. The topological polar surface area (TPSA) is 91.4 Å². The van der Waals surface area contributed by atoms with Crippen LogP contribution in [0.3, 0.4) is 0 Å². The predicted octanol–water partition coefficient (Wildman–Crippen LogP) is 1.74. The minimum Gasteiger partial charge on any atom is -0.406 e. The number of aromatic amines is 1. The van der Waals surface area contributed by atoms with E-state index in [-0.39, 0.29) is 17.7 Å². The van der Waals surface area contributed by atoms with Gasteiger partial charge < -0.3 is 20.1 Å². The van der Waals surface area contributed by atoms with Gasteiger partial charge in [-0.1, -0.05) is 12.1 Å². The Labute approximate surface area is 133 Å². The van der Waals surface area contributed by atoms with Gasteiger partial charge in [-0.2, -0.15) is 0 Å². The number of benzene rings is 1. The van der Waals surface area contributed by atoms with Crippen molar-refractivity contribution in [3.05, 3.63) is 64.1 Å². The van der Waals surface area contributed by atoms with Crippen LogP contribution in [0.5, 0.6) is 5.75 Å². The number of carbonyl (C=O) groups is 1. The second kappa shape index (κ2) is 7.18. The number of hydrogen-bond acceptors (Lipinski definition) is 4. The smallest absolute Gasteiger partial charge is 0.406 e. The Bertz CT molecular complexity index is 736. The van der Waals surface area contributed by atoms with E-state index in [9.17, 15) is 27.9 Å². The summed E-state index contributed by atoms with van der Waals surface area (Å²) in [5.41, 5.74) is 0.162. The van der Waals surface area contributed by atoms with E-state index in [2.05, 4.69) is 15.0 Å². The lowest BCUT2D eigenvalue weighted by atomic mass is 10.1. The molecule has 0 spiro atoms. The Morgan fingerprint density at radius 1 is 1.21 bits per heavy atom. The van der Waals surface area contributed by atoms with Gasteiger partial charge in [-0.15, -0.1) is 13.2 Å². The molecule has 3 N–H and O–H groups in total. The standard InChI is InChI=1S/C15H13F3N2O4/c16-15(17,18)24-11-4-1-9(2-5-11)12(21)8-20-14(23)10-3-6-13(22)19-7-10/h1-7,12,21H,8H2,(H,19,22)(H,20,23). The van der Waals surface area contributed by atoms with Crippen molar-refractivity contribution in [2.45, 2.75) is 12.5 Å². The zero-order valence-corrected chi connectivity index (χ0v) is 12.1. The molecule has 0 aliphatic rings. The van der Waals surface area contributed by atoms with Crippen LogP contribution in [0, 0.1) is 0 Å². The monoisotopic (exact) mass is 342 g/mol. The lowest BCUT2D eigenvalue weighted by molar-refractivity contribution is -0.274. The molecule has 1 atom stereocenters. The first-order valence-corrected chi connectivity index (χ1v) is 6.75. The van der Waals surface area contributed by atoms with Crippen LogP contribution in [0.25, 0.3) is 0 Å². The number of H-pyrrole nitrogens is 1. The second-order valence-electron chi connectivity index (χ2n) is 4.78. The van der Waals surface area contributed by atoms with Crippen molar-refractivity contribution in [1.82, 2.24) is 10.3 Å². The fraction of sp³-hybridized carbons (Fsp3) is 0.200. The lowest BCUT2D eigenvalue weighted by Crippen LogP contribution is -2.28. The molecule has 1 unspecified atom stereocenters. The van der Waals surface area contributed by atoms with Crippen molar-refractivity contribution in [1.29, 1.82) is 0 Å². The second-order valence-corrected chi connectivity index (χ2v) is 4.78. The van der Waals surface area contributed by atoms with E-state index in [1.165, 1.54) is 30.5 Å². The third-order valence-corrected chi connectivity index (χ3v) is 3.00. The number of alkyl halides is 3. The number of rotatable bonds is 5. The molecule has 128 valence electrons. The van der Waals surface area contributed by atoms with E-state index < -0.39 is 24.1 Å². The van der Waals surface area contributed by atoms with Gasteiger partial charge in [0.25, 0.3) is 5.91 Å². The molecule has 9 heteroatoms. The maximum Gasteiger partial charge on any atom is 0.573 e. The Hall–Kier alpha value is -2.81. The SMILES string of the molecule is O=C(NCC(O)c1ccc(OC(F)(F)F)cc1)c1ccc(=O)[nH]c1. The van der Waals surface area contributed by atoms with Crippen LogP contribution in [0.2, 0.25) is 0 Å². The first-order valence-electron chi connectivity index (χ1n) is 6.75. The van der Waals surface area contributed by atoms with E-state index in [1.807, 2.05) is 0 Å². The molecule has 0 aliphatic carbocycles. The number of aliphatic hydroxyl groups excluding tert-OH is 1. The van der Waals surface area contributed by atoms with Crippen LogP contribution < -0.4 is 15.6 Å². The summed E-state index contributed by atoms with van der Waals surface area (Å²) in [6, 6.07) is 7.16. The maximum absolute atomic E-state index is 12.1. The molecule has 0 aliphatic heterocycles. The number of hydrogen-bond donors (Lipinski definition) is 3. The molecule has 24 heavy (non-hydrogen) atoms. The Balaban J connectivity index is 1.92. The van der Waals surface area contributed by atoms with E-state index >= 15 is 0 Å². The van der Waals surface area contributed by atoms with Crippen LogP contribution in [0.15, 0.2) is 47.4 Å². The first kappa shape index (κ1) is 17.5. The number of aromatic nitrogens is 1. The van der Waals surface area contributed by atoms with E-state index in [0.29, 0.717) is 5.56 Å². The normalized spacial score (nSPS) is 12.5. The van der Waals surface area contributed by atoms with Gasteiger partial charge >= 0.3 is 6.36 Å². The van der Waals surface area contributed by atoms with Gasteiger partial charge in [0.1, 0.15) is 5.75 Å². The van der Waals surface area contributed by atoms with E-state index in [0.717, 1.165) is 12.1 Å². The summed E-state index contributed by atoms with van der Waals surface area (Å²) in [5, 5.41) is 12.4. The minimum atomic E-state index is -4.79. The third-order valence-electron chi connectivity index (χ3n) is 3.00. The Morgan fingerprint density at radius 2 is 1.88 bits per heavy atom. The summed E-state index contributed by atoms with van der Waals surface area (Å²) in [6.45, 7) is -0.155. The fourth-order valence-electron chi connectivity index (χ4n) is 1.85. The average Bonchev–Trinajstić information content (AvgIpc) is 2.52. The van der Waals surface area contributed by atoms with Crippen LogP contribution in [0.1, 0.15) is 22.0 Å². The summed E-state index contributed by atoms with van der Waals surface area (Å²) in [6.07, 6.45) is -4.67. The molecule has 1 amide bonds. The minimum absolute atomic E-state index is 0.155. The van der Waals surface area contributed by atoms with Crippen LogP contribution >= 0.6 is 0 Å². The maximum atomic E-state index is 12.1. The van der Waals surface area contributed by atoms with E-state index in [1.54, 1.807) is 0 Å². The highest BCUT2D eigenvalue weighted by atomic mass is 19.4. The van der Waals surface area contributed by atoms with Crippen LogP contribution in [-0.4, -0.2) is 28.9 Å². The Kier molecular flexibility index (Phi) is 5.24. The largest absolute Gasteiger partial charge is 0.573 e. The highest BCUT2D eigenvalue weighted by Crippen LogP contribution is 2.24. The molecular weight excluding hydrogens is 329 g/mol. The summed E-state index contributed by atoms with van der Waals surface area (Å²) < 4.78 is 39.9. The van der Waals surface area contributed by atoms with E-state index in [4.69, 9.17) is 0 Å². The number of carbonyl (C=O) groups excluding carboxylic acids is 1. The number of nitrogens with one attached hydrogen (secondary N) is 2. The molecule has 6 nitrogen and oxygen atoms in total. The molecule has 0 bridgehead atoms. The molecule has 0 saturated carbocycles. The van der Waals surface area contributed by atoms with Crippen molar-refractivity contribution >= 4 is 5.91 Å². The number of amides is 1. The number of ether oxygens (including phenoxy) is 1.